The van der Waals surface area contributed by atoms with Gasteiger partial charge in [-0.3, -0.25) is 0 Å². The first-order valence-electron chi connectivity index (χ1n) is 4.46. The molecule has 0 saturated heterocycles. The lowest BCUT2D eigenvalue weighted by atomic mass is 10.0. The van der Waals surface area contributed by atoms with Crippen LogP contribution >= 0.6 is 43.2 Å². The van der Waals surface area contributed by atoms with Gasteiger partial charge < -0.3 is 0 Å². The average molecular weight is 326 g/mol. The van der Waals surface area contributed by atoms with E-state index in [-0.39, 0.29) is 0 Å². The molecule has 0 aliphatic heterocycles. The standard InChI is InChI=1S/C10H14Br2S/c1-7(5-8(2)11)6-9-3-4-10(12)13-9/h3-4,7-8H,5-6H2,1-2H3. The fraction of sp³-hybridized carbons (Fsp3) is 0.600. The summed E-state index contributed by atoms with van der Waals surface area (Å²) in [6.45, 7) is 4.52. The second-order valence-electron chi connectivity index (χ2n) is 3.53. The van der Waals surface area contributed by atoms with Gasteiger partial charge in [-0.2, -0.15) is 0 Å². The van der Waals surface area contributed by atoms with Crippen molar-refractivity contribution in [3.05, 3.63) is 20.8 Å². The Hall–Kier alpha value is 0.660. The van der Waals surface area contributed by atoms with E-state index in [1.165, 1.54) is 21.5 Å². The van der Waals surface area contributed by atoms with Crippen molar-refractivity contribution in [2.75, 3.05) is 0 Å². The van der Waals surface area contributed by atoms with Crippen molar-refractivity contribution in [2.45, 2.75) is 31.5 Å². The molecule has 0 spiro atoms. The lowest BCUT2D eigenvalue weighted by Gasteiger charge is -2.11. The second kappa shape index (κ2) is 5.52. The molecule has 0 saturated carbocycles. The second-order valence-corrected chi connectivity index (χ2v) is 7.64. The van der Waals surface area contributed by atoms with E-state index in [0.29, 0.717) is 4.83 Å². The molecule has 0 amide bonds. The predicted molar refractivity (Wildman–Crippen MR) is 67.9 cm³/mol. The van der Waals surface area contributed by atoms with E-state index in [0.717, 1.165) is 5.92 Å². The molecule has 3 heteroatoms. The van der Waals surface area contributed by atoms with Gasteiger partial charge in [0.2, 0.25) is 0 Å². The Balaban J connectivity index is 2.40. The first-order valence-corrected chi connectivity index (χ1v) is 6.98. The van der Waals surface area contributed by atoms with Gasteiger partial charge in [0, 0.05) is 9.70 Å². The molecular weight excluding hydrogens is 312 g/mol. The molecule has 0 fully saturated rings. The Bertz CT molecular complexity index is 255. The highest BCUT2D eigenvalue weighted by molar-refractivity contribution is 9.11. The van der Waals surface area contributed by atoms with Gasteiger partial charge in [-0.15, -0.1) is 11.3 Å². The highest BCUT2D eigenvalue weighted by atomic mass is 79.9. The molecule has 1 aromatic heterocycles. The van der Waals surface area contributed by atoms with Gasteiger partial charge in [-0.05, 0) is 46.8 Å². The molecule has 2 atom stereocenters. The number of hydrogen-bond donors (Lipinski definition) is 0. The molecular formula is C10H14Br2S. The molecule has 0 aromatic carbocycles. The van der Waals surface area contributed by atoms with Gasteiger partial charge in [-0.25, -0.2) is 0 Å². The van der Waals surface area contributed by atoms with Crippen molar-refractivity contribution in [3.63, 3.8) is 0 Å². The summed E-state index contributed by atoms with van der Waals surface area (Å²) in [5.74, 6) is 0.764. The molecule has 13 heavy (non-hydrogen) atoms. The molecule has 1 aromatic rings. The minimum Gasteiger partial charge on any atom is -0.133 e. The molecule has 0 N–H and O–H groups in total. The fourth-order valence-electron chi connectivity index (χ4n) is 1.44. The van der Waals surface area contributed by atoms with Crippen molar-refractivity contribution in [1.29, 1.82) is 0 Å². The Morgan fingerprint density at radius 2 is 2.08 bits per heavy atom. The number of hydrogen-bond acceptors (Lipinski definition) is 1. The summed E-state index contributed by atoms with van der Waals surface area (Å²) in [4.78, 5) is 2.11. The molecule has 1 heterocycles. The Morgan fingerprint density at radius 1 is 1.38 bits per heavy atom. The van der Waals surface area contributed by atoms with E-state index in [1.807, 2.05) is 11.3 Å². The minimum atomic E-state index is 0.630. The highest BCUT2D eigenvalue weighted by Crippen LogP contribution is 2.26. The largest absolute Gasteiger partial charge is 0.133 e. The van der Waals surface area contributed by atoms with Gasteiger partial charge in [0.25, 0.3) is 0 Å². The first kappa shape index (κ1) is 11.7. The van der Waals surface area contributed by atoms with Gasteiger partial charge >= 0.3 is 0 Å². The van der Waals surface area contributed by atoms with E-state index < -0.39 is 0 Å². The third kappa shape index (κ3) is 4.61. The maximum Gasteiger partial charge on any atom is 0.0701 e. The molecule has 0 bridgehead atoms. The topological polar surface area (TPSA) is 0 Å². The van der Waals surface area contributed by atoms with Gasteiger partial charge in [0.1, 0.15) is 0 Å². The lowest BCUT2D eigenvalue weighted by Crippen LogP contribution is -2.03. The van der Waals surface area contributed by atoms with Crippen molar-refractivity contribution in [2.24, 2.45) is 5.92 Å². The van der Waals surface area contributed by atoms with E-state index in [4.69, 9.17) is 0 Å². The van der Waals surface area contributed by atoms with Crippen LogP contribution < -0.4 is 0 Å². The molecule has 0 aliphatic carbocycles. The van der Waals surface area contributed by atoms with Crippen LogP contribution in [0.4, 0.5) is 0 Å². The van der Waals surface area contributed by atoms with Gasteiger partial charge in [-0.1, -0.05) is 29.8 Å². The van der Waals surface area contributed by atoms with Crippen molar-refractivity contribution >= 4 is 43.2 Å². The van der Waals surface area contributed by atoms with Crippen LogP contribution in [0.1, 0.15) is 25.1 Å². The zero-order valence-electron chi connectivity index (χ0n) is 7.89. The molecule has 1 rings (SSSR count). The van der Waals surface area contributed by atoms with Crippen LogP contribution in [0.5, 0.6) is 0 Å². The lowest BCUT2D eigenvalue weighted by molar-refractivity contribution is 0.537. The summed E-state index contributed by atoms with van der Waals surface area (Å²) >= 11 is 8.91. The summed E-state index contributed by atoms with van der Waals surface area (Å²) in [5, 5.41) is 0. The zero-order chi connectivity index (χ0) is 9.84. The SMILES string of the molecule is CC(Br)CC(C)Cc1ccc(Br)s1. The summed E-state index contributed by atoms with van der Waals surface area (Å²) in [7, 11) is 0. The first-order chi connectivity index (χ1) is 6.08. The summed E-state index contributed by atoms with van der Waals surface area (Å²) in [6.07, 6.45) is 2.45. The Kier molecular flexibility index (Phi) is 4.98. The summed E-state index contributed by atoms with van der Waals surface area (Å²) < 4.78 is 1.24. The van der Waals surface area contributed by atoms with E-state index >= 15 is 0 Å². The van der Waals surface area contributed by atoms with Crippen LogP contribution in [0.3, 0.4) is 0 Å². The van der Waals surface area contributed by atoms with Gasteiger partial charge in [0.15, 0.2) is 0 Å². The number of rotatable bonds is 4. The van der Waals surface area contributed by atoms with Crippen LogP contribution in [0.15, 0.2) is 15.9 Å². The summed E-state index contributed by atoms with van der Waals surface area (Å²) in [5.41, 5.74) is 0. The van der Waals surface area contributed by atoms with Crippen LogP contribution in [-0.2, 0) is 6.42 Å². The van der Waals surface area contributed by atoms with Gasteiger partial charge in [0.05, 0.1) is 3.79 Å². The highest BCUT2D eigenvalue weighted by Gasteiger charge is 2.08. The van der Waals surface area contributed by atoms with Crippen molar-refractivity contribution in [1.82, 2.24) is 0 Å². The third-order valence-corrected chi connectivity index (χ3v) is 3.93. The van der Waals surface area contributed by atoms with Crippen LogP contribution in [-0.4, -0.2) is 4.83 Å². The number of halogens is 2. The number of thiophene rings is 1. The molecule has 0 nitrogen and oxygen atoms in total. The predicted octanol–water partition coefficient (Wildman–Crippen LogP) is 4.86. The third-order valence-electron chi connectivity index (χ3n) is 1.91. The molecule has 2 unspecified atom stereocenters. The zero-order valence-corrected chi connectivity index (χ0v) is 11.9. The quantitative estimate of drug-likeness (QED) is 0.693. The smallest absolute Gasteiger partial charge is 0.0701 e. The molecule has 0 radical (unpaired) electrons. The summed E-state index contributed by atoms with van der Waals surface area (Å²) in [6, 6.07) is 4.34. The fourth-order valence-corrected chi connectivity index (χ4v) is 3.73. The van der Waals surface area contributed by atoms with E-state index in [2.05, 4.69) is 57.8 Å². The normalized spacial score (nSPS) is 15.7. The Labute approximate surface area is 101 Å². The maximum atomic E-state index is 3.59. The van der Waals surface area contributed by atoms with Crippen molar-refractivity contribution in [3.8, 4) is 0 Å². The van der Waals surface area contributed by atoms with Crippen LogP contribution in [0.25, 0.3) is 0 Å². The molecule has 74 valence electrons. The monoisotopic (exact) mass is 324 g/mol. The van der Waals surface area contributed by atoms with Crippen molar-refractivity contribution < 1.29 is 0 Å². The minimum absolute atomic E-state index is 0.630. The van der Waals surface area contributed by atoms with E-state index in [9.17, 15) is 0 Å². The Morgan fingerprint density at radius 3 is 2.54 bits per heavy atom. The van der Waals surface area contributed by atoms with Crippen LogP contribution in [0, 0.1) is 5.92 Å². The molecule has 0 aliphatic rings. The maximum absolute atomic E-state index is 3.59. The van der Waals surface area contributed by atoms with Crippen LogP contribution in [0.2, 0.25) is 0 Å². The van der Waals surface area contributed by atoms with E-state index in [1.54, 1.807) is 0 Å². The number of alkyl halides is 1. The average Bonchev–Trinajstić information content (AvgIpc) is 2.33.